The summed E-state index contributed by atoms with van der Waals surface area (Å²) >= 11 is 0. The summed E-state index contributed by atoms with van der Waals surface area (Å²) in [5.74, 6) is 0. The quantitative estimate of drug-likeness (QED) is 0.558. The van der Waals surface area contributed by atoms with Crippen LogP contribution in [-0.4, -0.2) is 45.9 Å². The number of H-pyrrole nitrogens is 1. The van der Waals surface area contributed by atoms with Gasteiger partial charge in [0.1, 0.15) is 5.69 Å². The van der Waals surface area contributed by atoms with Crippen LogP contribution in [0, 0.1) is 4.91 Å². The fraction of sp³-hybridized carbons (Fsp3) is 0.154. The Hall–Kier alpha value is -3.48. The van der Waals surface area contributed by atoms with Gasteiger partial charge in [-0.05, 0) is 6.07 Å². The molecule has 0 fully saturated rings. The van der Waals surface area contributed by atoms with Crippen LogP contribution >= 0.6 is 0 Å². The van der Waals surface area contributed by atoms with Gasteiger partial charge >= 0.3 is 11.4 Å². The van der Waals surface area contributed by atoms with Gasteiger partial charge in [-0.3, -0.25) is 4.79 Å². The van der Waals surface area contributed by atoms with Crippen molar-refractivity contribution < 1.29 is 18.2 Å². The number of nitrogens with one attached hydrogen (secondary N) is 2. The van der Waals surface area contributed by atoms with Crippen molar-refractivity contribution in [2.75, 3.05) is 18.2 Å². The van der Waals surface area contributed by atoms with Crippen molar-refractivity contribution in [1.29, 1.82) is 0 Å². The van der Waals surface area contributed by atoms with Crippen molar-refractivity contribution in [3.63, 3.8) is 0 Å². The summed E-state index contributed by atoms with van der Waals surface area (Å²) in [4.78, 5) is 49.5. The van der Waals surface area contributed by atoms with Gasteiger partial charge in [-0.15, -0.1) is 0 Å². The van der Waals surface area contributed by atoms with Crippen LogP contribution in [0.5, 0.6) is 0 Å². The molecule has 3 aromatic rings. The van der Waals surface area contributed by atoms with Crippen molar-refractivity contribution in [1.82, 2.24) is 19.2 Å². The van der Waals surface area contributed by atoms with Crippen molar-refractivity contribution in [3.05, 3.63) is 56.6 Å². The van der Waals surface area contributed by atoms with Gasteiger partial charge in [0.2, 0.25) is 10.0 Å². The number of hydrogen-bond donors (Lipinski definition) is 2. The van der Waals surface area contributed by atoms with Crippen LogP contribution in [0.25, 0.3) is 16.6 Å². The predicted octanol–water partition coefficient (Wildman–Crippen LogP) is -0.650. The summed E-state index contributed by atoms with van der Waals surface area (Å²) in [5, 5.41) is -0.0299. The lowest BCUT2D eigenvalue weighted by Crippen LogP contribution is -2.43. The number of benzene rings is 1. The lowest BCUT2D eigenvalue weighted by molar-refractivity contribution is -0.736. The summed E-state index contributed by atoms with van der Waals surface area (Å²) in [7, 11) is -2.71. The molecule has 0 unspecified atom stereocenters. The normalized spacial score (nSPS) is 11.5. The molecule has 2 N–H and O–H groups in total. The van der Waals surface area contributed by atoms with Gasteiger partial charge < -0.3 is 9.55 Å². The number of aromatic nitrogens is 4. The number of aromatic amines is 1. The van der Waals surface area contributed by atoms with Gasteiger partial charge in [0.25, 0.3) is 10.5 Å². The molecule has 12 nitrogen and oxygen atoms in total. The number of nitrogens with zero attached hydrogens (tertiary/aromatic N) is 4. The Balaban J connectivity index is 2.38. The first-order chi connectivity index (χ1) is 12.2. The van der Waals surface area contributed by atoms with Gasteiger partial charge in [0.15, 0.2) is 7.11 Å². The van der Waals surface area contributed by atoms with Crippen LogP contribution in [0.15, 0.2) is 40.4 Å². The molecular weight excluding hydrogens is 368 g/mol. The highest BCUT2D eigenvalue weighted by atomic mass is 32.2. The molecule has 2 aromatic heterocycles. The Kier molecular flexibility index (Phi) is 4.07. The first-order valence-electron chi connectivity index (χ1n) is 7.02. The van der Waals surface area contributed by atoms with E-state index < -0.39 is 21.3 Å². The maximum atomic E-state index is 12.6. The molecule has 0 saturated heterocycles. The molecule has 0 radical (unpaired) electrons. The predicted molar refractivity (Wildman–Crippen MR) is 90.5 cm³/mol. The number of imidazole rings is 1. The van der Waals surface area contributed by atoms with Crippen LogP contribution < -0.4 is 16.1 Å². The van der Waals surface area contributed by atoms with Crippen molar-refractivity contribution in [2.24, 2.45) is 0 Å². The number of hydrogen-bond acceptors (Lipinski definition) is 7. The fourth-order valence-corrected chi connectivity index (χ4v) is 2.84. The van der Waals surface area contributed by atoms with Crippen LogP contribution in [0.4, 0.5) is 5.69 Å². The Morgan fingerprint density at radius 2 is 2.04 bits per heavy atom. The SMILES string of the molecule is CO[N+](=O)c1cc2[nH]c(=O)n(NS(C)(=O)=O)c(=O)c2cc1-n1ccnc1. The Morgan fingerprint density at radius 1 is 1.31 bits per heavy atom. The number of sulfonamides is 1. The minimum atomic E-state index is -3.87. The molecule has 3 rings (SSSR count). The molecule has 13 heteroatoms. The van der Waals surface area contributed by atoms with E-state index in [1.54, 1.807) is 0 Å². The average molecular weight is 381 g/mol. The summed E-state index contributed by atoms with van der Waals surface area (Å²) < 4.78 is 24.5. The molecule has 1 aromatic carbocycles. The Bertz CT molecular complexity index is 1220. The van der Waals surface area contributed by atoms with Crippen molar-refractivity contribution >= 4 is 26.6 Å². The van der Waals surface area contributed by atoms with E-state index in [9.17, 15) is 22.9 Å². The Labute approximate surface area is 145 Å². The van der Waals surface area contributed by atoms with Gasteiger partial charge in [0, 0.05) is 18.5 Å². The second-order valence-electron chi connectivity index (χ2n) is 5.23. The highest BCUT2D eigenvalue weighted by Gasteiger charge is 2.25. The zero-order valence-electron chi connectivity index (χ0n) is 13.5. The third kappa shape index (κ3) is 3.06. The van der Waals surface area contributed by atoms with Crippen LogP contribution in [0.1, 0.15) is 0 Å². The van der Waals surface area contributed by atoms with E-state index in [4.69, 9.17) is 0 Å². The molecule has 136 valence electrons. The lowest BCUT2D eigenvalue weighted by atomic mass is 10.2. The molecule has 0 aliphatic rings. The van der Waals surface area contributed by atoms with Crippen LogP contribution in [0.2, 0.25) is 0 Å². The summed E-state index contributed by atoms with van der Waals surface area (Å²) in [6.07, 6.45) is 5.20. The maximum absolute atomic E-state index is 12.6. The van der Waals surface area contributed by atoms with E-state index in [-0.39, 0.29) is 27.2 Å². The van der Waals surface area contributed by atoms with E-state index >= 15 is 0 Å². The summed E-state index contributed by atoms with van der Waals surface area (Å²) in [5.41, 5.74) is -1.65. The molecule has 0 saturated carbocycles. The highest BCUT2D eigenvalue weighted by molar-refractivity contribution is 7.91. The van der Waals surface area contributed by atoms with E-state index in [0.717, 1.165) is 13.4 Å². The number of rotatable bonds is 5. The molecule has 26 heavy (non-hydrogen) atoms. The van der Waals surface area contributed by atoms with Crippen molar-refractivity contribution in [2.45, 2.75) is 0 Å². The smallest absolute Gasteiger partial charge is 0.305 e. The highest BCUT2D eigenvalue weighted by Crippen LogP contribution is 2.26. The van der Waals surface area contributed by atoms with E-state index in [1.165, 1.54) is 35.4 Å². The minimum Gasteiger partial charge on any atom is -0.305 e. The fourth-order valence-electron chi connectivity index (χ4n) is 2.34. The third-order valence-electron chi connectivity index (χ3n) is 3.40. The molecule has 0 aliphatic carbocycles. The largest absolute Gasteiger partial charge is 0.348 e. The zero-order chi connectivity index (χ0) is 19.1. The van der Waals surface area contributed by atoms with Gasteiger partial charge in [-0.25, -0.2) is 27.9 Å². The first-order valence-corrected chi connectivity index (χ1v) is 8.91. The zero-order valence-corrected chi connectivity index (χ0v) is 14.3. The summed E-state index contributed by atoms with van der Waals surface area (Å²) in [6.45, 7) is 0. The molecular formula is C13H13N6O6S+. The lowest BCUT2D eigenvalue weighted by Gasteiger charge is -2.09. The summed E-state index contributed by atoms with van der Waals surface area (Å²) in [6, 6.07) is 2.56. The third-order valence-corrected chi connectivity index (χ3v) is 3.91. The van der Waals surface area contributed by atoms with Crippen molar-refractivity contribution in [3.8, 4) is 5.69 Å². The second-order valence-corrected chi connectivity index (χ2v) is 6.96. The van der Waals surface area contributed by atoms with E-state index in [0.29, 0.717) is 4.68 Å². The van der Waals surface area contributed by atoms with E-state index in [1.807, 2.05) is 4.83 Å². The maximum Gasteiger partial charge on any atom is 0.348 e. The topological polar surface area (TPSA) is 148 Å². The molecule has 0 atom stereocenters. The van der Waals surface area contributed by atoms with Gasteiger partial charge in [-0.1, -0.05) is 0 Å². The number of fused-ring (bicyclic) bond motifs is 1. The first kappa shape index (κ1) is 17.3. The van der Waals surface area contributed by atoms with Gasteiger partial charge in [-0.2, -0.15) is 4.68 Å². The standard InChI is InChI=1S/C13H12N6O6S/c1-25-19(22)11-6-9-8(5-10(11)17-4-3-14-7-17)12(20)18(13(21)15-9)16-26(2,23)24/h3-7,16H,1-2H3/p+1. The van der Waals surface area contributed by atoms with E-state index in [2.05, 4.69) is 14.8 Å². The van der Waals surface area contributed by atoms with Crippen LogP contribution in [-0.2, 0) is 14.9 Å². The van der Waals surface area contributed by atoms with Crippen LogP contribution in [0.3, 0.4) is 0 Å². The van der Waals surface area contributed by atoms with Gasteiger partial charge in [0.05, 0.1) is 28.4 Å². The monoisotopic (exact) mass is 381 g/mol. The molecule has 0 amide bonds. The minimum absolute atomic E-state index is 0.00173. The molecule has 0 bridgehead atoms. The molecule has 2 heterocycles. The Morgan fingerprint density at radius 3 is 2.62 bits per heavy atom. The molecule has 0 aliphatic heterocycles. The second kappa shape index (κ2) is 6.11. The average Bonchev–Trinajstić information content (AvgIpc) is 3.10. The molecule has 0 spiro atoms.